The highest BCUT2D eigenvalue weighted by Gasteiger charge is 2.44. The van der Waals surface area contributed by atoms with Crippen molar-refractivity contribution in [1.29, 1.82) is 0 Å². The molecule has 0 fully saturated rings. The van der Waals surface area contributed by atoms with Crippen LogP contribution >= 0.6 is 15.2 Å². The maximum Gasteiger partial charge on any atom is 0.463 e. The van der Waals surface area contributed by atoms with Crippen LogP contribution in [0, 0.1) is 0 Å². The zero-order valence-electron chi connectivity index (χ0n) is 27.7. The van der Waals surface area contributed by atoms with Gasteiger partial charge < -0.3 is 37.0 Å². The molecule has 2 aliphatic rings. The summed E-state index contributed by atoms with van der Waals surface area (Å²) >= 11 is 0. The zero-order chi connectivity index (χ0) is 35.4. The van der Waals surface area contributed by atoms with Crippen LogP contribution in [-0.4, -0.2) is 26.4 Å². The van der Waals surface area contributed by atoms with Crippen molar-refractivity contribution in [3.8, 4) is 57.1 Å². The second-order valence-electron chi connectivity index (χ2n) is 11.6. The average Bonchev–Trinajstić information content (AvgIpc) is 3.18. The Morgan fingerprint density at radius 2 is 0.654 bits per heavy atom. The molecule has 2 aliphatic heterocycles. The highest BCUT2D eigenvalue weighted by molar-refractivity contribution is 7.64. The van der Waals surface area contributed by atoms with Crippen LogP contribution in [-0.2, 0) is 9.13 Å². The largest absolute Gasteiger partial charge is 0.486 e. The Hall–Kier alpha value is -5.82. The molecule has 10 nitrogen and oxygen atoms in total. The molecular formula is C40H32O10P2. The molecule has 8 rings (SSSR count). The monoisotopic (exact) mass is 734 g/mol. The van der Waals surface area contributed by atoms with E-state index >= 15 is 9.13 Å². The van der Waals surface area contributed by atoms with Crippen LogP contribution in [0.4, 0.5) is 0 Å². The van der Waals surface area contributed by atoms with E-state index < -0.39 is 15.2 Å². The first kappa shape index (κ1) is 33.3. The molecule has 6 aromatic rings. The second-order valence-corrected chi connectivity index (χ2v) is 15.3. The summed E-state index contributed by atoms with van der Waals surface area (Å²) in [5, 5.41) is 0.165. The smallest absolute Gasteiger partial charge is 0.463 e. The molecule has 0 radical (unpaired) electrons. The van der Waals surface area contributed by atoms with Gasteiger partial charge in [-0.25, -0.2) is 9.13 Å². The molecule has 2 heterocycles. The summed E-state index contributed by atoms with van der Waals surface area (Å²) in [6.07, 6.45) is 0. The average molecular weight is 735 g/mol. The Balaban J connectivity index is 1.42. The molecule has 0 spiro atoms. The van der Waals surface area contributed by atoms with Gasteiger partial charge in [-0.1, -0.05) is 72.8 Å². The van der Waals surface area contributed by atoms with Gasteiger partial charge in [-0.15, -0.1) is 0 Å². The number of hydrogen-bond acceptors (Lipinski definition) is 10. The van der Waals surface area contributed by atoms with E-state index in [0.29, 0.717) is 34.5 Å². The van der Waals surface area contributed by atoms with Crippen LogP contribution < -0.4 is 47.7 Å². The van der Waals surface area contributed by atoms with Gasteiger partial charge in [0.15, 0.2) is 23.0 Å². The first-order chi connectivity index (χ1) is 25.5. The highest BCUT2D eigenvalue weighted by atomic mass is 31.2. The molecule has 12 heteroatoms. The van der Waals surface area contributed by atoms with Gasteiger partial charge in [0.1, 0.15) is 60.0 Å². The van der Waals surface area contributed by atoms with Crippen molar-refractivity contribution in [2.24, 2.45) is 0 Å². The summed E-state index contributed by atoms with van der Waals surface area (Å²) in [4.78, 5) is 0. The number of para-hydroxylation sites is 4. The second kappa shape index (κ2) is 14.4. The van der Waals surface area contributed by atoms with Gasteiger partial charge in [0, 0.05) is 0 Å². The first-order valence-corrected chi connectivity index (χ1v) is 19.6. The molecule has 0 unspecified atom stereocenters. The fraction of sp³-hybridized carbons (Fsp3) is 0.100. The molecule has 0 aromatic heterocycles. The predicted octanol–water partition coefficient (Wildman–Crippen LogP) is 8.85. The third-order valence-corrected chi connectivity index (χ3v) is 11.8. The van der Waals surface area contributed by atoms with Gasteiger partial charge in [-0.05, 0) is 72.8 Å². The van der Waals surface area contributed by atoms with Crippen LogP contribution in [0.3, 0.4) is 0 Å². The SMILES string of the molecule is O=P(Oc1ccccc1)(Oc1ccccc1)c1ccc2c(c1-c1c(P(=O)(Oc3ccccc3)Oc3ccccc3)ccc3c1OCCO3)OCCO2. The lowest BCUT2D eigenvalue weighted by atomic mass is 10.0. The maximum atomic E-state index is 15.6. The van der Waals surface area contributed by atoms with Gasteiger partial charge in [0.05, 0.1) is 11.1 Å². The molecule has 0 saturated carbocycles. The first-order valence-electron chi connectivity index (χ1n) is 16.5. The topological polar surface area (TPSA) is 108 Å². The molecule has 262 valence electrons. The van der Waals surface area contributed by atoms with Crippen molar-refractivity contribution in [3.05, 3.63) is 146 Å². The van der Waals surface area contributed by atoms with E-state index in [4.69, 9.17) is 37.0 Å². The Labute approximate surface area is 300 Å². The van der Waals surface area contributed by atoms with E-state index in [-0.39, 0.29) is 59.7 Å². The Bertz CT molecular complexity index is 2020. The summed E-state index contributed by atoms with van der Waals surface area (Å²) in [5.74, 6) is 2.33. The van der Waals surface area contributed by atoms with E-state index in [2.05, 4.69) is 0 Å². The Morgan fingerprint density at radius 1 is 0.365 bits per heavy atom. The van der Waals surface area contributed by atoms with Crippen LogP contribution in [0.15, 0.2) is 146 Å². The van der Waals surface area contributed by atoms with Gasteiger partial charge in [-0.2, -0.15) is 0 Å². The Morgan fingerprint density at radius 3 is 0.962 bits per heavy atom. The molecule has 0 amide bonds. The lowest BCUT2D eigenvalue weighted by Crippen LogP contribution is -2.27. The van der Waals surface area contributed by atoms with Crippen LogP contribution in [0.1, 0.15) is 0 Å². The summed E-state index contributed by atoms with van der Waals surface area (Å²) in [5.41, 5.74) is 0.386. The van der Waals surface area contributed by atoms with E-state index in [1.54, 1.807) is 121 Å². The third-order valence-electron chi connectivity index (χ3n) is 8.09. The highest BCUT2D eigenvalue weighted by Crippen LogP contribution is 2.58. The van der Waals surface area contributed by atoms with Crippen LogP contribution in [0.25, 0.3) is 11.1 Å². The maximum absolute atomic E-state index is 15.6. The molecule has 0 N–H and O–H groups in total. The van der Waals surface area contributed by atoms with Gasteiger partial charge in [0.2, 0.25) is 0 Å². The number of hydrogen-bond donors (Lipinski definition) is 0. The third kappa shape index (κ3) is 6.79. The number of ether oxygens (including phenoxy) is 4. The van der Waals surface area contributed by atoms with Crippen molar-refractivity contribution >= 4 is 25.8 Å². The van der Waals surface area contributed by atoms with E-state index in [0.717, 1.165) is 0 Å². The molecular weight excluding hydrogens is 702 g/mol. The zero-order valence-corrected chi connectivity index (χ0v) is 29.5. The molecule has 52 heavy (non-hydrogen) atoms. The van der Waals surface area contributed by atoms with E-state index in [9.17, 15) is 0 Å². The fourth-order valence-corrected chi connectivity index (χ4v) is 9.42. The van der Waals surface area contributed by atoms with Crippen molar-refractivity contribution in [2.75, 3.05) is 26.4 Å². The van der Waals surface area contributed by atoms with E-state index in [1.807, 2.05) is 24.3 Å². The summed E-state index contributed by atoms with van der Waals surface area (Å²) < 4.78 is 81.3. The molecule has 6 aromatic carbocycles. The van der Waals surface area contributed by atoms with Crippen molar-refractivity contribution in [2.45, 2.75) is 0 Å². The summed E-state index contributed by atoms with van der Waals surface area (Å²) in [6.45, 7) is 0.896. The fourth-order valence-electron chi connectivity index (χ4n) is 5.87. The van der Waals surface area contributed by atoms with Crippen molar-refractivity contribution in [1.82, 2.24) is 0 Å². The number of fused-ring (bicyclic) bond motifs is 2. The number of benzene rings is 6. The van der Waals surface area contributed by atoms with Crippen molar-refractivity contribution in [3.63, 3.8) is 0 Å². The summed E-state index contributed by atoms with van der Waals surface area (Å²) in [6, 6.07) is 41.4. The Kier molecular flexibility index (Phi) is 9.25. The molecule has 0 atom stereocenters. The van der Waals surface area contributed by atoms with Gasteiger partial charge in [-0.3, -0.25) is 0 Å². The minimum Gasteiger partial charge on any atom is -0.486 e. The van der Waals surface area contributed by atoms with E-state index in [1.165, 1.54) is 0 Å². The summed E-state index contributed by atoms with van der Waals surface area (Å²) in [7, 11) is -8.82. The van der Waals surface area contributed by atoms with Gasteiger partial charge in [0.25, 0.3) is 0 Å². The van der Waals surface area contributed by atoms with Crippen LogP contribution in [0.2, 0.25) is 0 Å². The minimum atomic E-state index is -4.41. The van der Waals surface area contributed by atoms with Crippen molar-refractivity contribution < 1.29 is 46.2 Å². The molecule has 0 aliphatic carbocycles. The lowest BCUT2D eigenvalue weighted by Gasteiger charge is -2.31. The van der Waals surface area contributed by atoms with Crippen LogP contribution in [0.5, 0.6) is 46.0 Å². The minimum absolute atomic E-state index is 0.0826. The lowest BCUT2D eigenvalue weighted by molar-refractivity contribution is 0.170. The molecule has 0 saturated heterocycles. The standard InChI is InChI=1S/C40H32O10P2/c41-51(47-29-13-5-1-6-14-29,48-30-15-7-2-8-16-30)35-23-21-33-39(45-27-25-43-33)37(35)38-36(24-22-34-40(38)46-28-26-44-34)52(42,49-31-17-9-3-10-18-31)50-32-19-11-4-12-20-32/h1-24H,25-28H2. The van der Waals surface area contributed by atoms with Gasteiger partial charge >= 0.3 is 15.2 Å². The quantitative estimate of drug-likeness (QED) is 0.120. The predicted molar refractivity (Wildman–Crippen MR) is 197 cm³/mol. The normalized spacial score (nSPS) is 13.5. The number of rotatable bonds is 11. The molecule has 0 bridgehead atoms.